The van der Waals surface area contributed by atoms with E-state index in [0.717, 1.165) is 0 Å². The molecule has 2 aromatic rings. The van der Waals surface area contributed by atoms with Crippen molar-refractivity contribution < 1.29 is 33.3 Å². The van der Waals surface area contributed by atoms with Crippen LogP contribution in [0.5, 0.6) is 17.2 Å². The van der Waals surface area contributed by atoms with Crippen molar-refractivity contribution in [2.24, 2.45) is 5.73 Å². The first-order chi connectivity index (χ1) is 15.3. The van der Waals surface area contributed by atoms with E-state index < -0.39 is 11.8 Å². The number of methoxy groups -OCH3 is 3. The lowest BCUT2D eigenvalue weighted by Gasteiger charge is -2.15. The van der Waals surface area contributed by atoms with E-state index in [-0.39, 0.29) is 45.9 Å². The Morgan fingerprint density at radius 3 is 2.19 bits per heavy atom. The van der Waals surface area contributed by atoms with Crippen LogP contribution in [0.4, 0.5) is 5.69 Å². The number of hydrogen-bond donors (Lipinski definition) is 3. The highest BCUT2D eigenvalue weighted by atomic mass is 35.5. The topological polar surface area (TPSA) is 138 Å². The second-order valence-electron chi connectivity index (χ2n) is 6.36. The van der Waals surface area contributed by atoms with E-state index in [2.05, 4.69) is 10.6 Å². The highest BCUT2D eigenvalue weighted by Crippen LogP contribution is 2.38. The quantitative estimate of drug-likeness (QED) is 0.430. The second-order valence-corrected chi connectivity index (χ2v) is 6.77. The Morgan fingerprint density at radius 1 is 1.00 bits per heavy atom. The first kappa shape index (κ1) is 24.8. The number of carbonyl (C=O) groups excluding carboxylic acids is 3. The number of nitrogens with one attached hydrogen (secondary N) is 2. The molecule has 0 saturated carbocycles. The molecule has 0 heterocycles. The van der Waals surface area contributed by atoms with Crippen molar-refractivity contribution in [1.82, 2.24) is 5.32 Å². The summed E-state index contributed by atoms with van der Waals surface area (Å²) in [6.45, 7) is 0.325. The summed E-state index contributed by atoms with van der Waals surface area (Å²) in [7, 11) is 4.29. The Morgan fingerprint density at radius 2 is 1.66 bits per heavy atom. The summed E-state index contributed by atoms with van der Waals surface area (Å²) in [5.74, 6) is -1.03. The van der Waals surface area contributed by atoms with Crippen molar-refractivity contribution in [3.8, 4) is 17.2 Å². The molecule has 0 aliphatic carbocycles. The molecule has 0 aliphatic rings. The second kappa shape index (κ2) is 11.8. The molecule has 0 aromatic heterocycles. The van der Waals surface area contributed by atoms with E-state index in [0.29, 0.717) is 18.8 Å². The fraction of sp³-hybridized carbons (Fsp3) is 0.286. The first-order valence-corrected chi connectivity index (χ1v) is 9.73. The summed E-state index contributed by atoms with van der Waals surface area (Å²) in [5, 5.41) is 5.53. The monoisotopic (exact) mass is 465 g/mol. The molecule has 2 rings (SSSR count). The average Bonchev–Trinajstić information content (AvgIpc) is 2.77. The van der Waals surface area contributed by atoms with Gasteiger partial charge in [0, 0.05) is 24.9 Å². The smallest absolute Gasteiger partial charge is 0.255 e. The number of halogens is 1. The van der Waals surface area contributed by atoms with Gasteiger partial charge < -0.3 is 35.3 Å². The van der Waals surface area contributed by atoms with E-state index in [1.54, 1.807) is 6.07 Å². The lowest BCUT2D eigenvalue weighted by atomic mass is 10.1. The Hall–Kier alpha value is -3.50. The molecule has 32 heavy (non-hydrogen) atoms. The minimum atomic E-state index is -0.677. The minimum absolute atomic E-state index is 0.136. The first-order valence-electron chi connectivity index (χ1n) is 9.35. The van der Waals surface area contributed by atoms with Crippen LogP contribution in [-0.4, -0.2) is 58.8 Å². The van der Waals surface area contributed by atoms with Gasteiger partial charge in [-0.2, -0.15) is 0 Å². The maximum atomic E-state index is 12.8. The van der Waals surface area contributed by atoms with E-state index >= 15 is 0 Å². The van der Waals surface area contributed by atoms with Crippen molar-refractivity contribution in [3.05, 3.63) is 46.5 Å². The van der Waals surface area contributed by atoms with Crippen LogP contribution >= 0.6 is 11.6 Å². The van der Waals surface area contributed by atoms with Gasteiger partial charge in [0.2, 0.25) is 5.75 Å². The Labute approximate surface area is 189 Å². The Kier molecular flexibility index (Phi) is 9.11. The number of nitrogens with two attached hydrogens (primary N) is 1. The minimum Gasteiger partial charge on any atom is -0.493 e. The summed E-state index contributed by atoms with van der Waals surface area (Å²) < 4.78 is 20.7. The number of amides is 3. The van der Waals surface area contributed by atoms with Gasteiger partial charge in [-0.05, 0) is 30.3 Å². The molecular weight excluding hydrogens is 442 g/mol. The zero-order chi connectivity index (χ0) is 23.7. The number of primary amides is 1. The lowest BCUT2D eigenvalue weighted by molar-refractivity contribution is -0.120. The third-order valence-electron chi connectivity index (χ3n) is 4.14. The molecule has 0 unspecified atom stereocenters. The fourth-order valence-electron chi connectivity index (χ4n) is 2.64. The van der Waals surface area contributed by atoms with Crippen LogP contribution in [0.1, 0.15) is 20.7 Å². The summed E-state index contributed by atoms with van der Waals surface area (Å²) in [6.07, 6.45) is 0. The molecule has 2 aromatic carbocycles. The Balaban J connectivity index is 2.20. The number of anilines is 1. The summed E-state index contributed by atoms with van der Waals surface area (Å²) >= 11 is 6.21. The number of rotatable bonds is 11. The van der Waals surface area contributed by atoms with Crippen molar-refractivity contribution in [2.45, 2.75) is 0 Å². The molecule has 0 saturated heterocycles. The van der Waals surface area contributed by atoms with E-state index in [4.69, 9.17) is 36.3 Å². The molecule has 3 amide bonds. The standard InChI is InChI=1S/C21H24ClN3O7/c1-29-7-6-24-21(28)14-5-4-13(10-15(14)22)25-20(27)12-8-16(30-2)19(17(9-12)31-3)32-11-18(23)26/h4-5,8-10H,6-7,11H2,1-3H3,(H2,23,26)(H,24,28)(H,25,27). The van der Waals surface area contributed by atoms with Crippen LogP contribution in [0.3, 0.4) is 0 Å². The average molecular weight is 466 g/mol. The lowest BCUT2D eigenvalue weighted by Crippen LogP contribution is -2.27. The van der Waals surface area contributed by atoms with E-state index in [1.807, 2.05) is 0 Å². The fourth-order valence-corrected chi connectivity index (χ4v) is 2.91. The van der Waals surface area contributed by atoms with Crippen LogP contribution in [0.25, 0.3) is 0 Å². The number of carbonyl (C=O) groups is 3. The molecule has 0 bridgehead atoms. The van der Waals surface area contributed by atoms with Gasteiger partial charge in [0.1, 0.15) is 0 Å². The largest absolute Gasteiger partial charge is 0.493 e. The van der Waals surface area contributed by atoms with Crippen LogP contribution < -0.4 is 30.6 Å². The maximum Gasteiger partial charge on any atom is 0.255 e. The summed E-state index contributed by atoms with van der Waals surface area (Å²) in [4.78, 5) is 35.9. The van der Waals surface area contributed by atoms with Crippen LogP contribution in [-0.2, 0) is 9.53 Å². The summed E-state index contributed by atoms with van der Waals surface area (Å²) in [6, 6.07) is 7.36. The van der Waals surface area contributed by atoms with Gasteiger partial charge in [0.05, 0.1) is 31.4 Å². The van der Waals surface area contributed by atoms with Crippen LogP contribution in [0.2, 0.25) is 5.02 Å². The third-order valence-corrected chi connectivity index (χ3v) is 4.46. The predicted molar refractivity (Wildman–Crippen MR) is 118 cm³/mol. The zero-order valence-corrected chi connectivity index (χ0v) is 18.6. The van der Waals surface area contributed by atoms with Crippen LogP contribution in [0.15, 0.2) is 30.3 Å². The van der Waals surface area contributed by atoms with Crippen molar-refractivity contribution in [3.63, 3.8) is 0 Å². The molecule has 4 N–H and O–H groups in total. The third kappa shape index (κ3) is 6.50. The molecule has 0 atom stereocenters. The van der Waals surface area contributed by atoms with Crippen molar-refractivity contribution in [2.75, 3.05) is 46.4 Å². The van der Waals surface area contributed by atoms with Crippen molar-refractivity contribution >= 4 is 35.0 Å². The molecule has 0 spiro atoms. The van der Waals surface area contributed by atoms with Gasteiger partial charge in [-0.15, -0.1) is 0 Å². The van der Waals surface area contributed by atoms with Gasteiger partial charge in [-0.3, -0.25) is 14.4 Å². The molecular formula is C21H24ClN3O7. The molecule has 11 heteroatoms. The SMILES string of the molecule is COCCNC(=O)c1ccc(NC(=O)c2cc(OC)c(OCC(N)=O)c(OC)c2)cc1Cl. The molecule has 0 fully saturated rings. The normalized spacial score (nSPS) is 10.2. The Bertz CT molecular complexity index is 972. The number of benzene rings is 2. The summed E-state index contributed by atoms with van der Waals surface area (Å²) in [5.41, 5.74) is 5.94. The molecule has 0 radical (unpaired) electrons. The van der Waals surface area contributed by atoms with Gasteiger partial charge in [0.25, 0.3) is 17.7 Å². The molecule has 0 aliphatic heterocycles. The maximum absolute atomic E-state index is 12.8. The van der Waals surface area contributed by atoms with Gasteiger partial charge in [-0.25, -0.2) is 0 Å². The van der Waals surface area contributed by atoms with Crippen LogP contribution in [0, 0.1) is 0 Å². The van der Waals surface area contributed by atoms with Gasteiger partial charge >= 0.3 is 0 Å². The number of hydrogen-bond acceptors (Lipinski definition) is 7. The highest BCUT2D eigenvalue weighted by Gasteiger charge is 2.19. The van der Waals surface area contributed by atoms with Gasteiger partial charge in [0.15, 0.2) is 18.1 Å². The predicted octanol–water partition coefficient (Wildman–Crippen LogP) is 1.85. The van der Waals surface area contributed by atoms with Gasteiger partial charge in [-0.1, -0.05) is 11.6 Å². The highest BCUT2D eigenvalue weighted by molar-refractivity contribution is 6.34. The van der Waals surface area contributed by atoms with E-state index in [1.165, 1.54) is 45.6 Å². The molecule has 10 nitrogen and oxygen atoms in total. The molecule has 172 valence electrons. The number of ether oxygens (including phenoxy) is 4. The van der Waals surface area contributed by atoms with E-state index in [9.17, 15) is 14.4 Å². The van der Waals surface area contributed by atoms with Crippen molar-refractivity contribution in [1.29, 1.82) is 0 Å². The zero-order valence-electron chi connectivity index (χ0n) is 17.8.